The van der Waals surface area contributed by atoms with Crippen LogP contribution in [0.4, 0.5) is 5.82 Å². The average Bonchev–Trinajstić information content (AvgIpc) is 2.59. The molecule has 3 rings (SSSR count). The van der Waals surface area contributed by atoms with Crippen molar-refractivity contribution in [3.05, 3.63) is 54.4 Å². The fourth-order valence-electron chi connectivity index (χ4n) is 2.29. The minimum absolute atomic E-state index is 0.314. The lowest BCUT2D eigenvalue weighted by Gasteiger charge is -2.11. The molecule has 2 aromatic carbocycles. The second-order valence-corrected chi connectivity index (χ2v) is 7.78. The van der Waals surface area contributed by atoms with Crippen LogP contribution < -0.4 is 14.6 Å². The first-order valence-corrected chi connectivity index (χ1v) is 9.94. The Morgan fingerprint density at radius 1 is 1.08 bits per heavy atom. The van der Waals surface area contributed by atoms with E-state index >= 15 is 0 Å². The number of aromatic nitrogens is 2. The normalized spacial score (nSPS) is 11.3. The number of ether oxygens (including phenoxy) is 1. The zero-order chi connectivity index (χ0) is 17.9. The van der Waals surface area contributed by atoms with Crippen molar-refractivity contribution in [2.75, 3.05) is 12.4 Å². The monoisotopic (exact) mass is 377 g/mol. The van der Waals surface area contributed by atoms with Gasteiger partial charge in [-0.1, -0.05) is 12.1 Å². The highest BCUT2D eigenvalue weighted by atomic mass is 32.5. The minimum atomic E-state index is -3.71. The van der Waals surface area contributed by atoms with Crippen LogP contribution in [0.1, 0.15) is 5.56 Å². The molecule has 0 aliphatic rings. The number of nitrogens with zero attached hydrogens (tertiary/aromatic N) is 2. The van der Waals surface area contributed by atoms with Gasteiger partial charge >= 0.3 is 6.72 Å². The molecule has 0 saturated carbocycles. The maximum absolute atomic E-state index is 9.16. The third kappa shape index (κ3) is 4.64. The number of hydrogen-bond donors (Lipinski definition) is 3. The van der Waals surface area contributed by atoms with Crippen molar-refractivity contribution in [3.63, 3.8) is 0 Å². The summed E-state index contributed by atoms with van der Waals surface area (Å²) in [6.07, 6.45) is 1.50. The molecule has 0 radical (unpaired) electrons. The van der Waals surface area contributed by atoms with E-state index in [-0.39, 0.29) is 0 Å². The van der Waals surface area contributed by atoms with E-state index in [9.17, 15) is 0 Å². The lowest BCUT2D eigenvalue weighted by molar-refractivity contribution is 0.370. The van der Waals surface area contributed by atoms with Crippen molar-refractivity contribution in [1.29, 1.82) is 0 Å². The maximum Gasteiger partial charge on any atom is 0.375 e. The third-order valence-electron chi connectivity index (χ3n) is 3.45. The first-order valence-electron chi connectivity index (χ1n) is 7.31. The van der Waals surface area contributed by atoms with Crippen molar-refractivity contribution in [2.24, 2.45) is 0 Å². The standard InChI is InChI=1S/C16H16N3O4PS/c1-22-13-6-7-15-14(8-13)16(19-10-18-15)17-9-11-2-4-12(5-3-11)23-24(20,21)25/h2-8,10H,9H2,1H3,(H,17,18,19)(H2,20,21,25). The van der Waals surface area contributed by atoms with Crippen LogP contribution in [0.5, 0.6) is 11.5 Å². The van der Waals surface area contributed by atoms with Crippen LogP contribution in [0, 0.1) is 0 Å². The molecule has 1 heterocycles. The number of anilines is 1. The summed E-state index contributed by atoms with van der Waals surface area (Å²) >= 11 is 4.44. The molecule has 0 bridgehead atoms. The first kappa shape index (κ1) is 17.6. The van der Waals surface area contributed by atoms with E-state index in [1.807, 2.05) is 18.2 Å². The summed E-state index contributed by atoms with van der Waals surface area (Å²) < 4.78 is 10.1. The van der Waals surface area contributed by atoms with E-state index in [0.29, 0.717) is 18.1 Å². The number of methoxy groups -OCH3 is 1. The Hall–Kier alpha value is -2.25. The molecule has 3 aromatic rings. The highest BCUT2D eigenvalue weighted by Crippen LogP contribution is 2.37. The van der Waals surface area contributed by atoms with Crippen molar-refractivity contribution in [1.82, 2.24) is 9.97 Å². The topological polar surface area (TPSA) is 96.7 Å². The average molecular weight is 377 g/mol. The molecule has 7 nitrogen and oxygen atoms in total. The summed E-state index contributed by atoms with van der Waals surface area (Å²) in [5.41, 5.74) is 1.78. The fourth-order valence-corrected chi connectivity index (χ4v) is 2.95. The van der Waals surface area contributed by atoms with E-state index in [4.69, 9.17) is 19.0 Å². The van der Waals surface area contributed by atoms with E-state index in [0.717, 1.165) is 22.2 Å². The Balaban J connectivity index is 1.75. The molecule has 25 heavy (non-hydrogen) atoms. The third-order valence-corrected chi connectivity index (χ3v) is 4.12. The van der Waals surface area contributed by atoms with Gasteiger partial charge in [0, 0.05) is 23.7 Å². The van der Waals surface area contributed by atoms with Gasteiger partial charge in [-0.3, -0.25) is 0 Å². The van der Waals surface area contributed by atoms with Gasteiger partial charge in [-0.2, -0.15) is 0 Å². The van der Waals surface area contributed by atoms with Gasteiger partial charge in [-0.15, -0.1) is 0 Å². The van der Waals surface area contributed by atoms with E-state index in [2.05, 4.69) is 27.1 Å². The van der Waals surface area contributed by atoms with Gasteiger partial charge in [0.2, 0.25) is 0 Å². The summed E-state index contributed by atoms with van der Waals surface area (Å²) in [5, 5.41) is 4.13. The molecule has 1 aromatic heterocycles. The summed E-state index contributed by atoms with van der Waals surface area (Å²) in [6.45, 7) is -3.19. The van der Waals surface area contributed by atoms with E-state index < -0.39 is 6.72 Å². The number of benzene rings is 2. The van der Waals surface area contributed by atoms with Crippen molar-refractivity contribution >= 4 is 35.2 Å². The summed E-state index contributed by atoms with van der Waals surface area (Å²) in [7, 11) is 1.61. The number of nitrogens with one attached hydrogen (secondary N) is 1. The highest BCUT2D eigenvalue weighted by Gasteiger charge is 2.10. The molecule has 0 unspecified atom stereocenters. The largest absolute Gasteiger partial charge is 0.497 e. The van der Waals surface area contributed by atoms with Gasteiger partial charge in [0.05, 0.1) is 12.6 Å². The number of hydrogen-bond acceptors (Lipinski definition) is 6. The molecule has 130 valence electrons. The predicted octanol–water partition coefficient (Wildman–Crippen LogP) is 2.84. The molecule has 0 spiro atoms. The van der Waals surface area contributed by atoms with Crippen LogP contribution >= 0.6 is 6.72 Å². The van der Waals surface area contributed by atoms with E-state index in [1.54, 1.807) is 31.4 Å². The lowest BCUT2D eigenvalue weighted by Crippen LogP contribution is -2.02. The predicted molar refractivity (Wildman–Crippen MR) is 99.2 cm³/mol. The van der Waals surface area contributed by atoms with Crippen molar-refractivity contribution in [2.45, 2.75) is 6.54 Å². The maximum atomic E-state index is 9.16. The molecular weight excluding hydrogens is 361 g/mol. The Kier molecular flexibility index (Phi) is 5.15. The molecule has 0 saturated heterocycles. The zero-order valence-electron chi connectivity index (χ0n) is 13.3. The van der Waals surface area contributed by atoms with Gasteiger partial charge in [0.25, 0.3) is 0 Å². The van der Waals surface area contributed by atoms with Crippen LogP contribution in [0.3, 0.4) is 0 Å². The molecule has 0 amide bonds. The van der Waals surface area contributed by atoms with Crippen LogP contribution in [-0.4, -0.2) is 26.9 Å². The first-order chi connectivity index (χ1) is 11.9. The smallest absolute Gasteiger partial charge is 0.375 e. The molecule has 0 atom stereocenters. The van der Waals surface area contributed by atoms with Gasteiger partial charge in [-0.05, 0) is 35.9 Å². The number of rotatable bonds is 6. The lowest BCUT2D eigenvalue weighted by atomic mass is 10.2. The van der Waals surface area contributed by atoms with Crippen LogP contribution in [-0.2, 0) is 18.4 Å². The van der Waals surface area contributed by atoms with Crippen LogP contribution in [0.25, 0.3) is 10.9 Å². The Morgan fingerprint density at radius 2 is 1.80 bits per heavy atom. The van der Waals surface area contributed by atoms with Gasteiger partial charge in [0.1, 0.15) is 23.6 Å². The summed E-state index contributed by atoms with van der Waals surface area (Å²) in [4.78, 5) is 26.8. The zero-order valence-corrected chi connectivity index (χ0v) is 15.0. The second kappa shape index (κ2) is 7.33. The van der Waals surface area contributed by atoms with E-state index in [1.165, 1.54) is 6.33 Å². The molecule has 9 heteroatoms. The van der Waals surface area contributed by atoms with Crippen molar-refractivity contribution < 1.29 is 19.0 Å². The van der Waals surface area contributed by atoms with Crippen LogP contribution in [0.2, 0.25) is 0 Å². The summed E-state index contributed by atoms with van der Waals surface area (Å²) in [6, 6.07) is 12.5. The van der Waals surface area contributed by atoms with Gasteiger partial charge in [-0.25, -0.2) is 9.97 Å². The fraction of sp³-hybridized carbons (Fsp3) is 0.125. The number of fused-ring (bicyclic) bond motifs is 1. The molecule has 0 aliphatic carbocycles. The second-order valence-electron chi connectivity index (χ2n) is 5.18. The SMILES string of the molecule is COc1ccc2ncnc(NCc3ccc(OP(O)(O)=S)cc3)c2c1. The van der Waals surface area contributed by atoms with Crippen LogP contribution in [0.15, 0.2) is 48.8 Å². The molecule has 0 aliphatic heterocycles. The molecular formula is C16H16N3O4PS. The Morgan fingerprint density at radius 3 is 2.48 bits per heavy atom. The highest BCUT2D eigenvalue weighted by molar-refractivity contribution is 8.06. The van der Waals surface area contributed by atoms with Gasteiger partial charge < -0.3 is 24.4 Å². The minimum Gasteiger partial charge on any atom is -0.497 e. The Labute approximate surface area is 149 Å². The van der Waals surface area contributed by atoms with Crippen molar-refractivity contribution in [3.8, 4) is 11.5 Å². The molecule has 3 N–H and O–H groups in total. The Bertz CT molecular complexity index is 930. The van der Waals surface area contributed by atoms with Gasteiger partial charge in [0.15, 0.2) is 0 Å². The molecule has 0 fully saturated rings. The quantitative estimate of drug-likeness (QED) is 0.565. The summed E-state index contributed by atoms with van der Waals surface area (Å²) in [5.74, 6) is 1.75.